The molecule has 0 aliphatic carbocycles. The van der Waals surface area contributed by atoms with E-state index in [4.69, 9.17) is 0 Å². The molecule has 0 radical (unpaired) electrons. The van der Waals surface area contributed by atoms with Gasteiger partial charge in [0.1, 0.15) is 9.84 Å². The Bertz CT molecular complexity index is 540. The molecule has 0 atom stereocenters. The molecule has 25 heavy (non-hydrogen) atoms. The van der Waals surface area contributed by atoms with Gasteiger partial charge in [-0.15, -0.1) is 0 Å². The lowest BCUT2D eigenvalue weighted by Crippen LogP contribution is -2.46. The third-order valence-corrected chi connectivity index (χ3v) is 4.94. The van der Waals surface area contributed by atoms with E-state index >= 15 is 0 Å². The third kappa shape index (κ3) is 10.3. The summed E-state index contributed by atoms with van der Waals surface area (Å²) in [4.78, 5) is 20.5. The van der Waals surface area contributed by atoms with Crippen molar-refractivity contribution in [1.82, 2.24) is 15.1 Å². The van der Waals surface area contributed by atoms with Gasteiger partial charge in [0.2, 0.25) is 5.91 Å². The van der Waals surface area contributed by atoms with Gasteiger partial charge in [-0.25, -0.2) is 8.42 Å². The first-order chi connectivity index (χ1) is 11.5. The second-order valence-electron chi connectivity index (χ2n) is 7.14. The maximum atomic E-state index is 12.3. The van der Waals surface area contributed by atoms with Gasteiger partial charge in [0, 0.05) is 39.5 Å². The largest absolute Gasteiger partial charge is 0.357 e. The zero-order chi connectivity index (χ0) is 19.7. The highest BCUT2D eigenvalue weighted by molar-refractivity contribution is 7.90. The van der Waals surface area contributed by atoms with Gasteiger partial charge in [-0.3, -0.25) is 9.79 Å². The van der Waals surface area contributed by atoms with Gasteiger partial charge in [0.25, 0.3) is 0 Å². The van der Waals surface area contributed by atoms with Crippen LogP contribution in [0, 0.1) is 5.41 Å². The summed E-state index contributed by atoms with van der Waals surface area (Å²) < 4.78 is 22.7. The molecule has 0 aromatic carbocycles. The first-order valence-electron chi connectivity index (χ1n) is 8.90. The molecule has 0 aliphatic heterocycles. The van der Waals surface area contributed by atoms with E-state index in [1.54, 1.807) is 4.90 Å². The van der Waals surface area contributed by atoms with Gasteiger partial charge in [-0.2, -0.15) is 0 Å². The molecule has 0 aromatic heterocycles. The van der Waals surface area contributed by atoms with Crippen LogP contribution in [-0.2, 0) is 14.6 Å². The standard InChI is InChI=1S/C17H36N4O3S/c1-8-18-16(20(6)13-15(22)21(9-2)10-3)19-14-17(4,5)11-12-25(7,23)24/h8-14H2,1-7H3,(H,18,19). The highest BCUT2D eigenvalue weighted by Gasteiger charge is 2.21. The molecule has 0 rings (SSSR count). The topological polar surface area (TPSA) is 82.1 Å². The minimum absolute atomic E-state index is 0.0643. The quantitative estimate of drug-likeness (QED) is 0.458. The number of rotatable bonds is 10. The number of hydrogen-bond donors (Lipinski definition) is 1. The average Bonchev–Trinajstić information content (AvgIpc) is 2.50. The predicted molar refractivity (Wildman–Crippen MR) is 105 cm³/mol. The van der Waals surface area contributed by atoms with E-state index in [9.17, 15) is 13.2 Å². The lowest BCUT2D eigenvalue weighted by Gasteiger charge is -2.27. The smallest absolute Gasteiger partial charge is 0.242 e. The van der Waals surface area contributed by atoms with Crippen molar-refractivity contribution in [2.24, 2.45) is 10.4 Å². The Morgan fingerprint density at radius 2 is 1.72 bits per heavy atom. The van der Waals surface area contributed by atoms with Gasteiger partial charge < -0.3 is 15.1 Å². The number of sulfone groups is 1. The summed E-state index contributed by atoms with van der Waals surface area (Å²) in [6, 6.07) is 0. The van der Waals surface area contributed by atoms with Crippen LogP contribution in [0.2, 0.25) is 0 Å². The van der Waals surface area contributed by atoms with Crippen LogP contribution in [-0.4, -0.2) is 81.9 Å². The lowest BCUT2D eigenvalue weighted by molar-refractivity contribution is -0.131. The molecule has 0 saturated carbocycles. The van der Waals surface area contributed by atoms with Gasteiger partial charge in [-0.05, 0) is 32.6 Å². The highest BCUT2D eigenvalue weighted by atomic mass is 32.2. The number of carbonyl (C=O) groups excluding carboxylic acids is 1. The van der Waals surface area contributed by atoms with Crippen LogP contribution < -0.4 is 5.32 Å². The normalized spacial score (nSPS) is 12.8. The monoisotopic (exact) mass is 376 g/mol. The molecule has 0 bridgehead atoms. The molecule has 0 aliphatic rings. The number of carbonyl (C=O) groups is 1. The lowest BCUT2D eigenvalue weighted by atomic mass is 9.90. The predicted octanol–water partition coefficient (Wildman–Crippen LogP) is 1.21. The Morgan fingerprint density at radius 1 is 1.16 bits per heavy atom. The minimum atomic E-state index is -2.98. The number of likely N-dealkylation sites (N-methyl/N-ethyl adjacent to an activating group) is 2. The molecule has 0 saturated heterocycles. The van der Waals surface area contributed by atoms with Crippen molar-refractivity contribution in [2.45, 2.75) is 41.0 Å². The number of nitrogens with zero attached hydrogens (tertiary/aromatic N) is 3. The van der Waals surface area contributed by atoms with Crippen molar-refractivity contribution in [3.05, 3.63) is 0 Å². The number of guanidine groups is 1. The number of aliphatic imine (C=N–C) groups is 1. The van der Waals surface area contributed by atoms with Crippen molar-refractivity contribution >= 4 is 21.7 Å². The van der Waals surface area contributed by atoms with Crippen molar-refractivity contribution < 1.29 is 13.2 Å². The first kappa shape index (κ1) is 23.7. The van der Waals surface area contributed by atoms with Crippen molar-refractivity contribution in [2.75, 3.05) is 51.8 Å². The Morgan fingerprint density at radius 3 is 2.16 bits per heavy atom. The molecule has 7 nitrogen and oxygen atoms in total. The van der Waals surface area contributed by atoms with Gasteiger partial charge in [0.15, 0.2) is 5.96 Å². The molecule has 1 N–H and O–H groups in total. The summed E-state index contributed by atoms with van der Waals surface area (Å²) in [6.07, 6.45) is 1.81. The van der Waals surface area contributed by atoms with E-state index in [1.807, 2.05) is 46.6 Å². The summed E-state index contributed by atoms with van der Waals surface area (Å²) in [7, 11) is -1.14. The summed E-state index contributed by atoms with van der Waals surface area (Å²) in [5, 5.41) is 3.19. The molecular weight excluding hydrogens is 340 g/mol. The van der Waals surface area contributed by atoms with Crippen LogP contribution in [0.3, 0.4) is 0 Å². The first-order valence-corrected chi connectivity index (χ1v) is 11.0. The fraction of sp³-hybridized carbons (Fsp3) is 0.882. The van der Waals surface area contributed by atoms with Crippen LogP contribution in [0.5, 0.6) is 0 Å². The molecule has 0 fully saturated rings. The molecule has 0 aromatic rings. The van der Waals surface area contributed by atoms with E-state index in [2.05, 4.69) is 10.3 Å². The Hall–Kier alpha value is -1.31. The summed E-state index contributed by atoms with van der Waals surface area (Å²) in [5.74, 6) is 0.882. The SMILES string of the molecule is CCNC(=NCC(C)(C)CCS(C)(=O)=O)N(C)CC(=O)N(CC)CC. The van der Waals surface area contributed by atoms with Crippen LogP contribution in [0.4, 0.5) is 0 Å². The van der Waals surface area contributed by atoms with Gasteiger partial charge >= 0.3 is 0 Å². The van der Waals surface area contributed by atoms with E-state index < -0.39 is 9.84 Å². The number of hydrogen-bond acceptors (Lipinski definition) is 4. The fourth-order valence-corrected chi connectivity index (χ4v) is 3.18. The van der Waals surface area contributed by atoms with E-state index in [-0.39, 0.29) is 23.6 Å². The van der Waals surface area contributed by atoms with E-state index in [1.165, 1.54) is 6.26 Å². The van der Waals surface area contributed by atoms with Crippen LogP contribution in [0.15, 0.2) is 4.99 Å². The van der Waals surface area contributed by atoms with E-state index in [0.29, 0.717) is 38.6 Å². The van der Waals surface area contributed by atoms with Crippen molar-refractivity contribution in [1.29, 1.82) is 0 Å². The number of nitrogens with one attached hydrogen (secondary N) is 1. The maximum Gasteiger partial charge on any atom is 0.242 e. The molecule has 0 unspecified atom stereocenters. The van der Waals surface area contributed by atoms with E-state index in [0.717, 1.165) is 0 Å². The van der Waals surface area contributed by atoms with Crippen molar-refractivity contribution in [3.8, 4) is 0 Å². The maximum absolute atomic E-state index is 12.3. The molecule has 0 spiro atoms. The van der Waals surface area contributed by atoms with Gasteiger partial charge in [0.05, 0.1) is 12.3 Å². The second-order valence-corrected chi connectivity index (χ2v) is 9.40. The molecule has 148 valence electrons. The van der Waals surface area contributed by atoms with Crippen LogP contribution >= 0.6 is 0 Å². The summed E-state index contributed by atoms with van der Waals surface area (Å²) in [6.45, 7) is 12.8. The molecule has 0 heterocycles. The molecule has 8 heteroatoms. The van der Waals surface area contributed by atoms with Crippen LogP contribution in [0.25, 0.3) is 0 Å². The van der Waals surface area contributed by atoms with Crippen LogP contribution in [0.1, 0.15) is 41.0 Å². The van der Waals surface area contributed by atoms with Gasteiger partial charge in [-0.1, -0.05) is 13.8 Å². The zero-order valence-electron chi connectivity index (χ0n) is 16.9. The highest BCUT2D eigenvalue weighted by Crippen LogP contribution is 2.21. The Kier molecular flexibility index (Phi) is 10.1. The van der Waals surface area contributed by atoms with Crippen molar-refractivity contribution in [3.63, 3.8) is 0 Å². The minimum Gasteiger partial charge on any atom is -0.357 e. The third-order valence-electron chi connectivity index (χ3n) is 3.99. The number of amides is 1. The Balaban J connectivity index is 4.95. The summed E-state index contributed by atoms with van der Waals surface area (Å²) in [5.41, 5.74) is -0.229. The fourth-order valence-electron chi connectivity index (χ4n) is 2.25. The molecule has 1 amide bonds. The zero-order valence-corrected chi connectivity index (χ0v) is 17.7. The molecular formula is C17H36N4O3S. The average molecular weight is 377 g/mol. The Labute approximate surface area is 153 Å². The second kappa shape index (κ2) is 10.6. The summed E-state index contributed by atoms with van der Waals surface area (Å²) >= 11 is 0.